The lowest BCUT2D eigenvalue weighted by Crippen LogP contribution is -2.58. The number of halogens is 1. The second-order valence-electron chi connectivity index (χ2n) is 7.25. The number of benzene rings is 2. The van der Waals surface area contributed by atoms with Gasteiger partial charge in [0, 0.05) is 19.6 Å². The van der Waals surface area contributed by atoms with Crippen LogP contribution in [0.2, 0.25) is 5.02 Å². The van der Waals surface area contributed by atoms with E-state index >= 15 is 0 Å². The Hall–Kier alpha value is -1.47. The molecule has 6 atom stereocenters. The smallest absolute Gasteiger partial charge is 0.107 e. The van der Waals surface area contributed by atoms with E-state index in [1.165, 1.54) is 18.2 Å². The first-order valence-corrected chi connectivity index (χ1v) is 9.73. The van der Waals surface area contributed by atoms with Crippen LogP contribution >= 0.6 is 11.6 Å². The van der Waals surface area contributed by atoms with E-state index in [9.17, 15) is 25.5 Å². The van der Waals surface area contributed by atoms with E-state index < -0.39 is 49.2 Å². The van der Waals surface area contributed by atoms with Crippen molar-refractivity contribution in [2.75, 3.05) is 6.61 Å². The van der Waals surface area contributed by atoms with Crippen molar-refractivity contribution in [2.24, 2.45) is 5.92 Å². The Morgan fingerprint density at radius 1 is 0.893 bits per heavy atom. The van der Waals surface area contributed by atoms with Crippen molar-refractivity contribution >= 4 is 11.6 Å². The van der Waals surface area contributed by atoms with Gasteiger partial charge in [-0.3, -0.25) is 0 Å². The van der Waals surface area contributed by atoms with Crippen molar-refractivity contribution in [3.63, 3.8) is 0 Å². The van der Waals surface area contributed by atoms with Crippen LogP contribution in [0.1, 0.15) is 37.8 Å². The van der Waals surface area contributed by atoms with Crippen LogP contribution in [0.5, 0.6) is 0 Å². The van der Waals surface area contributed by atoms with Gasteiger partial charge < -0.3 is 25.5 Å². The largest absolute Gasteiger partial charge is 0.396 e. The van der Waals surface area contributed by atoms with Crippen LogP contribution in [-0.2, 0) is 12.8 Å². The Kier molecular flexibility index (Phi) is 5.90. The van der Waals surface area contributed by atoms with Crippen LogP contribution in [0.15, 0.2) is 42.5 Å². The number of aliphatic hydroxyl groups excluding tert-OH is 5. The molecule has 5 nitrogen and oxygen atoms in total. The van der Waals surface area contributed by atoms with Gasteiger partial charge in [-0.15, -0.1) is 0 Å². The summed E-state index contributed by atoms with van der Waals surface area (Å²) in [6.45, 7) is 1.43. The zero-order valence-electron chi connectivity index (χ0n) is 17.5. The second-order valence-corrected chi connectivity index (χ2v) is 7.66. The molecule has 0 unspecified atom stereocenters. The molecule has 5 N–H and O–H groups in total. The average Bonchev–Trinajstić information content (AvgIpc) is 2.73. The summed E-state index contributed by atoms with van der Waals surface area (Å²) in [7, 11) is 0. The molecule has 28 heavy (non-hydrogen) atoms. The molecule has 152 valence electrons. The minimum Gasteiger partial charge on any atom is -0.396 e. The first-order chi connectivity index (χ1) is 14.1. The van der Waals surface area contributed by atoms with Gasteiger partial charge in [0.25, 0.3) is 0 Å². The summed E-state index contributed by atoms with van der Waals surface area (Å²) in [6, 6.07) is 11.6. The summed E-state index contributed by atoms with van der Waals surface area (Å²) >= 11 is 6.31. The average molecular weight is 409 g/mol. The van der Waals surface area contributed by atoms with Gasteiger partial charge in [-0.25, -0.2) is 0 Å². The predicted molar refractivity (Wildman–Crippen MR) is 107 cm³/mol. The number of aliphatic hydroxyl groups is 5. The number of hydrogen-bond donors (Lipinski definition) is 5. The Labute approximate surface area is 172 Å². The molecule has 0 bridgehead atoms. The van der Waals surface area contributed by atoms with Gasteiger partial charge in [0.05, 0.1) is 24.9 Å². The van der Waals surface area contributed by atoms with Gasteiger partial charge in [-0.05, 0) is 41.1 Å². The highest BCUT2D eigenvalue weighted by Gasteiger charge is 2.48. The van der Waals surface area contributed by atoms with E-state index in [1.54, 1.807) is 12.1 Å². The minimum absolute atomic E-state index is 0.159. The molecule has 0 heterocycles. The lowest BCUT2D eigenvalue weighted by atomic mass is 9.70. The number of aryl methyl sites for hydroxylation is 1. The van der Waals surface area contributed by atoms with Crippen LogP contribution in [0.4, 0.5) is 0 Å². The maximum atomic E-state index is 10.7. The molecule has 0 amide bonds. The SMILES string of the molecule is [2H]C([2H])(c1ccc(CC)cc1)c1cc([C@H]2[C@H](O)[C@@H](O)[C@H](O)[C@@H](CO)[C@@H]2O)ccc1Cl. The summed E-state index contributed by atoms with van der Waals surface area (Å²) < 4.78 is 17.3. The molecule has 0 spiro atoms. The standard InChI is InChI=1S/C22H27ClO5/c1-2-12-3-5-13(6-4-12)9-15-10-14(7-8-17(15)23)18-19(25)16(11-24)20(26)22(28)21(18)27/h3-8,10,16,18-22,24-28H,2,9,11H2,1H3/t16-,18+,19-,20+,21-,22-/m0/s1/i9D2. The van der Waals surface area contributed by atoms with Gasteiger partial charge in [0.15, 0.2) is 0 Å². The van der Waals surface area contributed by atoms with Crippen molar-refractivity contribution in [3.05, 3.63) is 69.7 Å². The van der Waals surface area contributed by atoms with Crippen LogP contribution < -0.4 is 0 Å². The summed E-state index contributed by atoms with van der Waals surface area (Å²) in [5, 5.41) is 51.1. The molecule has 1 aliphatic rings. The van der Waals surface area contributed by atoms with Crippen LogP contribution in [0, 0.1) is 5.92 Å². The summed E-state index contributed by atoms with van der Waals surface area (Å²) in [4.78, 5) is 0. The highest BCUT2D eigenvalue weighted by Crippen LogP contribution is 2.38. The molecular weight excluding hydrogens is 380 g/mol. The highest BCUT2D eigenvalue weighted by atomic mass is 35.5. The second kappa shape index (κ2) is 8.91. The van der Waals surface area contributed by atoms with Crippen LogP contribution in [-0.4, -0.2) is 56.6 Å². The minimum atomic E-state index is -1.95. The maximum absolute atomic E-state index is 10.7. The molecule has 0 saturated heterocycles. The zero-order chi connectivity index (χ0) is 22.2. The molecular formula is C22H27ClO5. The fourth-order valence-electron chi connectivity index (χ4n) is 3.77. The third kappa shape index (κ3) is 4.10. The van der Waals surface area contributed by atoms with Crippen molar-refractivity contribution in [3.8, 4) is 0 Å². The Morgan fingerprint density at radius 2 is 1.54 bits per heavy atom. The van der Waals surface area contributed by atoms with Gasteiger partial charge in [-0.2, -0.15) is 0 Å². The molecule has 0 aromatic heterocycles. The van der Waals surface area contributed by atoms with Crippen molar-refractivity contribution in [1.82, 2.24) is 0 Å². The van der Waals surface area contributed by atoms with E-state index in [2.05, 4.69) is 0 Å². The third-order valence-corrected chi connectivity index (χ3v) is 5.87. The van der Waals surface area contributed by atoms with E-state index in [1.807, 2.05) is 19.1 Å². The summed E-state index contributed by atoms with van der Waals surface area (Å²) in [5.74, 6) is -2.08. The molecule has 1 aliphatic carbocycles. The Morgan fingerprint density at radius 3 is 2.14 bits per heavy atom. The van der Waals surface area contributed by atoms with E-state index in [0.29, 0.717) is 11.1 Å². The van der Waals surface area contributed by atoms with Crippen molar-refractivity contribution < 1.29 is 28.3 Å². The molecule has 6 heteroatoms. The highest BCUT2D eigenvalue weighted by molar-refractivity contribution is 6.31. The quantitative estimate of drug-likeness (QED) is 0.518. The Balaban J connectivity index is 2.03. The molecule has 2 aromatic carbocycles. The molecule has 1 fully saturated rings. The molecule has 3 rings (SSSR count). The zero-order valence-corrected chi connectivity index (χ0v) is 16.3. The monoisotopic (exact) mass is 408 g/mol. The van der Waals surface area contributed by atoms with E-state index in [0.717, 1.165) is 12.0 Å². The predicted octanol–water partition coefficient (Wildman–Crippen LogP) is 1.64. The molecule has 0 radical (unpaired) electrons. The van der Waals surface area contributed by atoms with Crippen LogP contribution in [0.3, 0.4) is 0 Å². The number of hydrogen-bond acceptors (Lipinski definition) is 5. The summed E-state index contributed by atoms with van der Waals surface area (Å²) in [6.07, 6.45) is -7.00. The van der Waals surface area contributed by atoms with Crippen molar-refractivity contribution in [2.45, 2.75) is 50.1 Å². The first-order valence-electron chi connectivity index (χ1n) is 10.4. The van der Waals surface area contributed by atoms with Gasteiger partial charge >= 0.3 is 0 Å². The van der Waals surface area contributed by atoms with Crippen LogP contribution in [0.25, 0.3) is 0 Å². The molecule has 0 aliphatic heterocycles. The van der Waals surface area contributed by atoms with Gasteiger partial charge in [-0.1, -0.05) is 54.9 Å². The fourth-order valence-corrected chi connectivity index (χ4v) is 3.94. The maximum Gasteiger partial charge on any atom is 0.107 e. The lowest BCUT2D eigenvalue weighted by molar-refractivity contribution is -0.169. The normalized spacial score (nSPS) is 32.0. The molecule has 2 aromatic rings. The van der Waals surface area contributed by atoms with Gasteiger partial charge in [0.1, 0.15) is 6.10 Å². The third-order valence-electron chi connectivity index (χ3n) is 5.54. The summed E-state index contributed by atoms with van der Waals surface area (Å²) in [5.41, 5.74) is 2.00. The van der Waals surface area contributed by atoms with E-state index in [4.69, 9.17) is 14.3 Å². The van der Waals surface area contributed by atoms with Crippen molar-refractivity contribution in [1.29, 1.82) is 0 Å². The fraction of sp³-hybridized carbons (Fsp3) is 0.455. The lowest BCUT2D eigenvalue weighted by Gasteiger charge is -2.43. The number of rotatable bonds is 5. The first kappa shape index (κ1) is 18.6. The molecule has 1 saturated carbocycles. The van der Waals surface area contributed by atoms with Gasteiger partial charge in [0.2, 0.25) is 0 Å². The topological polar surface area (TPSA) is 101 Å². The van der Waals surface area contributed by atoms with E-state index in [-0.39, 0.29) is 10.6 Å². The Bertz CT molecular complexity index is 876.